The van der Waals surface area contributed by atoms with Crippen LogP contribution in [0.5, 0.6) is 0 Å². The third-order valence-electron chi connectivity index (χ3n) is 11.5. The van der Waals surface area contributed by atoms with Gasteiger partial charge in [-0.1, -0.05) is 90.1 Å². The summed E-state index contributed by atoms with van der Waals surface area (Å²) in [7, 11) is 2.59. The first-order valence-corrected chi connectivity index (χ1v) is 19.6. The van der Waals surface area contributed by atoms with E-state index < -0.39 is 24.3 Å². The van der Waals surface area contributed by atoms with Crippen molar-refractivity contribution in [3.63, 3.8) is 0 Å². The molecule has 0 saturated carbocycles. The fourth-order valence-corrected chi connectivity index (χ4v) is 8.23. The number of nitrogens with one attached hydrogen (secondary N) is 3. The number of carbonyl (C=O) groups is 4. The van der Waals surface area contributed by atoms with E-state index in [0.29, 0.717) is 19.5 Å². The molecule has 2 saturated heterocycles. The number of imidazole rings is 1. The minimum atomic E-state index is -0.696. The molecule has 2 fully saturated rings. The van der Waals surface area contributed by atoms with Crippen molar-refractivity contribution in [1.82, 2.24) is 30.4 Å². The number of nitrogens with zero attached hydrogens (tertiary/aromatic N) is 4. The molecule has 2 aromatic carbocycles. The van der Waals surface area contributed by atoms with E-state index in [2.05, 4.69) is 78.0 Å². The summed E-state index contributed by atoms with van der Waals surface area (Å²) in [5.41, 5.74) is 7.16. The molecule has 6 rings (SSSR count). The van der Waals surface area contributed by atoms with E-state index in [0.717, 1.165) is 57.9 Å². The number of allylic oxidation sites excluding steroid dienone is 1. The highest BCUT2D eigenvalue weighted by atomic mass is 16.5. The fraction of sp³-hybridized carbons (Fsp3) is 0.488. The smallest absolute Gasteiger partial charge is 0.407 e. The normalized spacial score (nSPS) is 21.8. The van der Waals surface area contributed by atoms with E-state index in [4.69, 9.17) is 19.5 Å². The van der Waals surface area contributed by atoms with Gasteiger partial charge in [0.15, 0.2) is 0 Å². The zero-order valence-corrected chi connectivity index (χ0v) is 33.7. The van der Waals surface area contributed by atoms with Crippen molar-refractivity contribution in [2.45, 2.75) is 85.0 Å². The first-order chi connectivity index (χ1) is 26.8. The maximum atomic E-state index is 13.7. The highest BCUT2D eigenvalue weighted by Crippen LogP contribution is 2.38. The average Bonchev–Trinajstić information content (AvgIpc) is 4.02. The highest BCUT2D eigenvalue weighted by Gasteiger charge is 2.43. The number of hydrogen-bond donors (Lipinski definition) is 3. The summed E-state index contributed by atoms with van der Waals surface area (Å²) >= 11 is 0. The first-order valence-electron chi connectivity index (χ1n) is 19.6. The molecule has 3 aliphatic heterocycles. The second kappa shape index (κ2) is 17.1. The monoisotopic (exact) mass is 765 g/mol. The number of aromatic amines is 1. The number of rotatable bonds is 11. The molecular weight excluding hydrogens is 711 g/mol. The van der Waals surface area contributed by atoms with Crippen LogP contribution in [0.1, 0.15) is 78.2 Å². The van der Waals surface area contributed by atoms with E-state index in [1.54, 1.807) is 0 Å². The topological polar surface area (TPSA) is 158 Å². The third kappa shape index (κ3) is 8.36. The summed E-state index contributed by atoms with van der Waals surface area (Å²) in [5, 5.41) is 5.44. The van der Waals surface area contributed by atoms with Gasteiger partial charge in [0.2, 0.25) is 11.8 Å². The van der Waals surface area contributed by atoms with Crippen LogP contribution in [-0.4, -0.2) is 94.9 Å². The van der Waals surface area contributed by atoms with E-state index in [1.165, 1.54) is 14.2 Å². The molecule has 6 atom stereocenters. The molecule has 56 heavy (non-hydrogen) atoms. The van der Waals surface area contributed by atoms with Crippen LogP contribution >= 0.6 is 0 Å². The molecule has 0 bridgehead atoms. The van der Waals surface area contributed by atoms with Crippen molar-refractivity contribution in [2.75, 3.05) is 27.3 Å². The van der Waals surface area contributed by atoms with Gasteiger partial charge in [0.05, 0.1) is 38.2 Å². The number of hydrogen-bond acceptors (Lipinski definition) is 8. The molecule has 4 amide bonds. The van der Waals surface area contributed by atoms with Gasteiger partial charge in [0.1, 0.15) is 17.9 Å². The van der Waals surface area contributed by atoms with Gasteiger partial charge < -0.3 is 34.9 Å². The van der Waals surface area contributed by atoms with Crippen LogP contribution in [0.25, 0.3) is 28.0 Å². The Morgan fingerprint density at radius 2 is 1.18 bits per heavy atom. The molecule has 0 unspecified atom stereocenters. The lowest BCUT2D eigenvalue weighted by Gasteiger charge is -2.32. The molecule has 298 valence electrons. The van der Waals surface area contributed by atoms with E-state index in [-0.39, 0.29) is 47.6 Å². The van der Waals surface area contributed by atoms with Crippen LogP contribution < -0.4 is 10.6 Å². The van der Waals surface area contributed by atoms with Crippen molar-refractivity contribution in [3.8, 4) is 22.4 Å². The highest BCUT2D eigenvalue weighted by molar-refractivity contribution is 6.04. The molecule has 13 heteroatoms. The molecule has 13 nitrogen and oxygen atoms in total. The number of methoxy groups -OCH3 is 2. The van der Waals surface area contributed by atoms with Gasteiger partial charge in [0, 0.05) is 31.4 Å². The number of aromatic nitrogens is 2. The summed E-state index contributed by atoms with van der Waals surface area (Å²) in [6, 6.07) is 15.0. The minimum Gasteiger partial charge on any atom is -0.453 e. The SMILES string of the molecule is COC(=O)N[C@H](C(=O)N1CC[C@H](C)[C@H]1C1=NC=C(c2ccc(-c3ccc(-c4cnc([C@@H]5[C@@H](C)CCN5C(=O)[C@@H](NC(=O)OC)C(C)C)[nH]4)cc3)cc2)C1)C(C)C. The Morgan fingerprint density at radius 3 is 1.68 bits per heavy atom. The summed E-state index contributed by atoms with van der Waals surface area (Å²) in [4.78, 5) is 68.2. The molecule has 3 aromatic rings. The maximum absolute atomic E-state index is 13.7. The first kappa shape index (κ1) is 40.2. The summed E-state index contributed by atoms with van der Waals surface area (Å²) < 4.78 is 9.56. The number of H-pyrrole nitrogens is 1. The van der Waals surface area contributed by atoms with Crippen molar-refractivity contribution in [2.24, 2.45) is 28.7 Å². The Balaban J connectivity index is 1.10. The largest absolute Gasteiger partial charge is 0.453 e. The van der Waals surface area contributed by atoms with Crippen LogP contribution in [0.4, 0.5) is 9.59 Å². The van der Waals surface area contributed by atoms with Crippen LogP contribution in [0, 0.1) is 23.7 Å². The van der Waals surface area contributed by atoms with Crippen LogP contribution in [0.15, 0.2) is 65.9 Å². The lowest BCUT2D eigenvalue weighted by Crippen LogP contribution is -2.54. The minimum absolute atomic E-state index is 0.0937. The second-order valence-corrected chi connectivity index (χ2v) is 16.0. The Hall–Kier alpha value is -5.46. The van der Waals surface area contributed by atoms with Crippen molar-refractivity contribution < 1.29 is 28.7 Å². The number of benzene rings is 2. The van der Waals surface area contributed by atoms with Crippen molar-refractivity contribution in [1.29, 1.82) is 0 Å². The van der Waals surface area contributed by atoms with Gasteiger partial charge in [-0.05, 0) is 64.3 Å². The number of ether oxygens (including phenoxy) is 2. The van der Waals surface area contributed by atoms with Gasteiger partial charge in [-0.25, -0.2) is 14.6 Å². The quantitative estimate of drug-likeness (QED) is 0.193. The standard InChI is InChI=1S/C43H55N7O6/c1-24(2)35(47-42(53)55-7)40(51)49-19-17-26(5)37(49)33-21-32(22-44-33)30-11-9-28(10-12-30)29-13-15-31(16-14-29)34-23-45-39(46-34)38-27(6)18-20-50(38)41(52)36(25(3)4)48-43(54)56-8/h9-16,22-27,35-38H,17-21H2,1-8H3,(H,45,46)(H,47,53)(H,48,54)/t26-,27-,35-,36-,37-,38-/m0/s1. The molecule has 1 aromatic heterocycles. The molecule has 3 aliphatic rings. The summed E-state index contributed by atoms with van der Waals surface area (Å²) in [6.07, 6.45) is 4.86. The number of alkyl carbamates (subject to hydrolysis) is 2. The number of likely N-dealkylation sites (tertiary alicyclic amines) is 2. The fourth-order valence-electron chi connectivity index (χ4n) is 8.23. The van der Waals surface area contributed by atoms with Gasteiger partial charge in [-0.2, -0.15) is 0 Å². The Morgan fingerprint density at radius 1 is 0.714 bits per heavy atom. The Labute approximate surface area is 329 Å². The number of carbonyl (C=O) groups excluding carboxylic acids is 4. The lowest BCUT2D eigenvalue weighted by atomic mass is 9.92. The lowest BCUT2D eigenvalue weighted by molar-refractivity contribution is -0.136. The molecule has 0 aliphatic carbocycles. The van der Waals surface area contributed by atoms with E-state index in [1.807, 2.05) is 49.9 Å². The van der Waals surface area contributed by atoms with Crippen LogP contribution in [0.2, 0.25) is 0 Å². The Bertz CT molecular complexity index is 1970. The summed E-state index contributed by atoms with van der Waals surface area (Å²) in [6.45, 7) is 13.1. The van der Waals surface area contributed by atoms with Crippen LogP contribution in [0.3, 0.4) is 0 Å². The van der Waals surface area contributed by atoms with E-state index >= 15 is 0 Å². The Kier molecular flexibility index (Phi) is 12.3. The molecule has 0 radical (unpaired) electrons. The zero-order valence-electron chi connectivity index (χ0n) is 33.7. The third-order valence-corrected chi connectivity index (χ3v) is 11.5. The second-order valence-electron chi connectivity index (χ2n) is 16.0. The molecule has 3 N–H and O–H groups in total. The molecule has 0 spiro atoms. The van der Waals surface area contributed by atoms with Gasteiger partial charge in [-0.15, -0.1) is 0 Å². The van der Waals surface area contributed by atoms with Gasteiger partial charge in [0.25, 0.3) is 0 Å². The predicted molar refractivity (Wildman–Crippen MR) is 215 cm³/mol. The van der Waals surface area contributed by atoms with Crippen LogP contribution in [-0.2, 0) is 19.1 Å². The van der Waals surface area contributed by atoms with Crippen molar-refractivity contribution in [3.05, 3.63) is 72.3 Å². The predicted octanol–water partition coefficient (Wildman–Crippen LogP) is 6.84. The molecule has 4 heterocycles. The van der Waals surface area contributed by atoms with Gasteiger partial charge >= 0.3 is 12.2 Å². The van der Waals surface area contributed by atoms with E-state index in [9.17, 15) is 19.2 Å². The number of amides is 4. The van der Waals surface area contributed by atoms with Crippen molar-refractivity contribution >= 4 is 35.3 Å². The maximum Gasteiger partial charge on any atom is 0.407 e. The summed E-state index contributed by atoms with van der Waals surface area (Å²) in [5.74, 6) is 0.718. The van der Waals surface area contributed by atoms with Gasteiger partial charge in [-0.3, -0.25) is 14.6 Å². The molecular formula is C43H55N7O6. The zero-order chi connectivity index (χ0) is 40.3. The number of aliphatic imine (C=N–C) groups is 1. The average molecular weight is 766 g/mol.